The summed E-state index contributed by atoms with van der Waals surface area (Å²) in [6.45, 7) is 6.86. The number of nitrogens with one attached hydrogen (secondary N) is 1. The number of rotatable bonds is 4. The monoisotopic (exact) mass is 292 g/mol. The Labute approximate surface area is 115 Å². The summed E-state index contributed by atoms with van der Waals surface area (Å²) in [5, 5.41) is 3.23. The van der Waals surface area contributed by atoms with E-state index in [4.69, 9.17) is 0 Å². The smallest absolute Gasteiger partial charge is 0.166 e. The van der Waals surface area contributed by atoms with E-state index in [0.717, 1.165) is 31.1 Å². The second-order valence-corrected chi connectivity index (χ2v) is 8.90. The zero-order chi connectivity index (χ0) is 13.2. The minimum Gasteiger partial charge on any atom is -0.312 e. The zero-order valence-electron chi connectivity index (χ0n) is 11.3. The predicted octanol–water partition coefficient (Wildman–Crippen LogP) is 0.794. The largest absolute Gasteiger partial charge is 0.312 e. The summed E-state index contributed by atoms with van der Waals surface area (Å²) >= 11 is 1.77. The molecule has 4 nitrogen and oxygen atoms in total. The molecule has 0 radical (unpaired) electrons. The minimum atomic E-state index is -2.95. The van der Waals surface area contributed by atoms with E-state index >= 15 is 0 Å². The van der Waals surface area contributed by atoms with E-state index in [-0.39, 0.29) is 11.1 Å². The van der Waals surface area contributed by atoms with Crippen LogP contribution in [0.3, 0.4) is 0 Å². The van der Waals surface area contributed by atoms with Gasteiger partial charge in [-0.15, -0.1) is 0 Å². The Bertz CT molecular complexity index is 372. The quantitative estimate of drug-likeness (QED) is 0.830. The van der Waals surface area contributed by atoms with Gasteiger partial charge in [0, 0.05) is 36.4 Å². The molecule has 2 saturated heterocycles. The molecule has 6 heteroatoms. The van der Waals surface area contributed by atoms with Crippen LogP contribution in [0.15, 0.2) is 0 Å². The fourth-order valence-corrected chi connectivity index (χ4v) is 5.83. The summed E-state index contributed by atoms with van der Waals surface area (Å²) in [5.74, 6) is 2.70. The highest BCUT2D eigenvalue weighted by atomic mass is 32.2. The first-order valence-corrected chi connectivity index (χ1v) is 9.68. The molecule has 0 bridgehead atoms. The van der Waals surface area contributed by atoms with Gasteiger partial charge in [0.15, 0.2) is 9.84 Å². The molecular formula is C12H24N2O2S2. The molecule has 0 aliphatic carbocycles. The lowest BCUT2D eigenvalue weighted by Crippen LogP contribution is -2.52. The van der Waals surface area contributed by atoms with Crippen molar-refractivity contribution in [2.24, 2.45) is 5.92 Å². The van der Waals surface area contributed by atoms with Crippen molar-refractivity contribution in [3.63, 3.8) is 0 Å². The molecule has 0 spiro atoms. The first-order chi connectivity index (χ1) is 8.54. The summed E-state index contributed by atoms with van der Waals surface area (Å²) in [5.41, 5.74) is 0. The number of nitrogens with zero attached hydrogens (tertiary/aromatic N) is 1. The molecule has 0 aromatic heterocycles. The Balaban J connectivity index is 2.04. The van der Waals surface area contributed by atoms with Crippen LogP contribution < -0.4 is 5.32 Å². The molecule has 3 atom stereocenters. The third-order valence-electron chi connectivity index (χ3n) is 4.13. The number of hydrogen-bond acceptors (Lipinski definition) is 5. The second kappa shape index (κ2) is 6.11. The standard InChI is InChI=1S/C12H24N2O2S2/c1-3-18(15,16)12-9-17-7-6-14(12)8-11-10(2)4-5-13-11/h10-13H,3-9H2,1-2H3. The highest BCUT2D eigenvalue weighted by Gasteiger charge is 2.35. The van der Waals surface area contributed by atoms with Gasteiger partial charge in [-0.25, -0.2) is 8.42 Å². The average Bonchev–Trinajstić information content (AvgIpc) is 2.76. The summed E-state index contributed by atoms with van der Waals surface area (Å²) in [4.78, 5) is 2.19. The van der Waals surface area contributed by atoms with Gasteiger partial charge < -0.3 is 5.32 Å². The summed E-state index contributed by atoms with van der Waals surface area (Å²) in [6.07, 6.45) is 1.21. The molecule has 0 aromatic carbocycles. The van der Waals surface area contributed by atoms with Gasteiger partial charge in [-0.2, -0.15) is 11.8 Å². The van der Waals surface area contributed by atoms with Gasteiger partial charge in [0.2, 0.25) is 0 Å². The van der Waals surface area contributed by atoms with Gasteiger partial charge in [-0.1, -0.05) is 13.8 Å². The molecule has 0 amide bonds. The highest BCUT2D eigenvalue weighted by Crippen LogP contribution is 2.24. The van der Waals surface area contributed by atoms with Crippen LogP contribution in [0.1, 0.15) is 20.3 Å². The van der Waals surface area contributed by atoms with Crippen LogP contribution in [0.2, 0.25) is 0 Å². The van der Waals surface area contributed by atoms with Gasteiger partial charge in [-0.3, -0.25) is 4.90 Å². The van der Waals surface area contributed by atoms with Gasteiger partial charge in [-0.05, 0) is 18.9 Å². The van der Waals surface area contributed by atoms with Crippen LogP contribution in [-0.4, -0.2) is 61.6 Å². The molecule has 0 saturated carbocycles. The molecule has 106 valence electrons. The highest BCUT2D eigenvalue weighted by molar-refractivity contribution is 8.01. The maximum absolute atomic E-state index is 12.1. The van der Waals surface area contributed by atoms with Crippen molar-refractivity contribution in [3.8, 4) is 0 Å². The lowest BCUT2D eigenvalue weighted by Gasteiger charge is -2.37. The third kappa shape index (κ3) is 3.21. The molecule has 2 fully saturated rings. The van der Waals surface area contributed by atoms with E-state index in [9.17, 15) is 8.42 Å². The average molecular weight is 292 g/mol. The summed E-state index contributed by atoms with van der Waals surface area (Å²) < 4.78 is 24.3. The molecule has 2 aliphatic heterocycles. The Kier molecular flexibility index (Phi) is 4.97. The lowest BCUT2D eigenvalue weighted by atomic mass is 10.0. The Morgan fingerprint density at radius 2 is 2.22 bits per heavy atom. The van der Waals surface area contributed by atoms with Crippen molar-refractivity contribution in [1.29, 1.82) is 0 Å². The normalized spacial score (nSPS) is 34.9. The van der Waals surface area contributed by atoms with Crippen LogP contribution in [0.4, 0.5) is 0 Å². The molecule has 2 aliphatic rings. The molecule has 3 unspecified atom stereocenters. The van der Waals surface area contributed by atoms with Crippen molar-refractivity contribution in [3.05, 3.63) is 0 Å². The fourth-order valence-electron chi connectivity index (χ4n) is 2.74. The number of thioether (sulfide) groups is 1. The van der Waals surface area contributed by atoms with E-state index in [1.807, 2.05) is 0 Å². The van der Waals surface area contributed by atoms with E-state index in [2.05, 4.69) is 17.1 Å². The van der Waals surface area contributed by atoms with E-state index in [0.29, 0.717) is 12.0 Å². The topological polar surface area (TPSA) is 49.4 Å². The first-order valence-electron chi connectivity index (χ1n) is 6.81. The van der Waals surface area contributed by atoms with Crippen LogP contribution in [0, 0.1) is 5.92 Å². The van der Waals surface area contributed by atoms with E-state index in [1.54, 1.807) is 18.7 Å². The Morgan fingerprint density at radius 3 is 2.83 bits per heavy atom. The predicted molar refractivity (Wildman–Crippen MR) is 77.7 cm³/mol. The van der Waals surface area contributed by atoms with Gasteiger partial charge in [0.05, 0.1) is 0 Å². The van der Waals surface area contributed by atoms with Crippen LogP contribution in [0.25, 0.3) is 0 Å². The summed E-state index contributed by atoms with van der Waals surface area (Å²) in [7, 11) is -2.95. The number of sulfone groups is 1. The summed E-state index contributed by atoms with van der Waals surface area (Å²) in [6, 6.07) is 0.461. The first kappa shape index (κ1) is 14.6. The molecule has 18 heavy (non-hydrogen) atoms. The molecule has 2 heterocycles. The maximum atomic E-state index is 12.1. The lowest BCUT2D eigenvalue weighted by molar-refractivity contribution is 0.230. The molecule has 0 aromatic rings. The molecular weight excluding hydrogens is 268 g/mol. The van der Waals surface area contributed by atoms with Crippen molar-refractivity contribution < 1.29 is 8.42 Å². The van der Waals surface area contributed by atoms with Crippen LogP contribution in [-0.2, 0) is 9.84 Å². The molecule has 2 rings (SSSR count). The van der Waals surface area contributed by atoms with Gasteiger partial charge in [0.1, 0.15) is 5.37 Å². The van der Waals surface area contributed by atoms with Crippen molar-refractivity contribution in [2.75, 3.05) is 36.9 Å². The van der Waals surface area contributed by atoms with E-state index < -0.39 is 9.84 Å². The molecule has 1 N–H and O–H groups in total. The maximum Gasteiger partial charge on any atom is 0.166 e. The number of hydrogen-bond donors (Lipinski definition) is 1. The van der Waals surface area contributed by atoms with Crippen molar-refractivity contribution >= 4 is 21.6 Å². The SMILES string of the molecule is CCS(=O)(=O)C1CSCCN1CC1NCCC1C. The van der Waals surface area contributed by atoms with Gasteiger partial charge >= 0.3 is 0 Å². The van der Waals surface area contributed by atoms with Crippen LogP contribution in [0.5, 0.6) is 0 Å². The zero-order valence-corrected chi connectivity index (χ0v) is 12.9. The van der Waals surface area contributed by atoms with Crippen molar-refractivity contribution in [2.45, 2.75) is 31.7 Å². The van der Waals surface area contributed by atoms with Gasteiger partial charge in [0.25, 0.3) is 0 Å². The van der Waals surface area contributed by atoms with Crippen LogP contribution >= 0.6 is 11.8 Å². The fraction of sp³-hybridized carbons (Fsp3) is 1.00. The minimum absolute atomic E-state index is 0.252. The Hall–Kier alpha value is 0.220. The third-order valence-corrected chi connectivity index (χ3v) is 7.46. The van der Waals surface area contributed by atoms with Crippen molar-refractivity contribution in [1.82, 2.24) is 10.2 Å². The second-order valence-electron chi connectivity index (χ2n) is 5.30. The van der Waals surface area contributed by atoms with E-state index in [1.165, 1.54) is 6.42 Å². The Morgan fingerprint density at radius 1 is 1.44 bits per heavy atom.